The summed E-state index contributed by atoms with van der Waals surface area (Å²) in [7, 11) is 1.57. The maximum absolute atomic E-state index is 12.6. The summed E-state index contributed by atoms with van der Waals surface area (Å²) >= 11 is 0. The molecule has 0 unspecified atom stereocenters. The van der Waals surface area contributed by atoms with Crippen molar-refractivity contribution in [3.05, 3.63) is 66.2 Å². The molecule has 0 spiro atoms. The third kappa shape index (κ3) is 4.11. The highest BCUT2D eigenvalue weighted by atomic mass is 16.5. The van der Waals surface area contributed by atoms with Crippen LogP contribution in [0.4, 0.5) is 11.4 Å². The number of nitrogens with zero attached hydrogens (tertiary/aromatic N) is 4. The lowest BCUT2D eigenvalue weighted by atomic mass is 10.1. The Morgan fingerprint density at radius 2 is 2.03 bits per heavy atom. The van der Waals surface area contributed by atoms with Crippen LogP contribution in [0.1, 0.15) is 28.8 Å². The number of aromatic nitrogens is 3. The van der Waals surface area contributed by atoms with Gasteiger partial charge in [0.05, 0.1) is 19.3 Å². The summed E-state index contributed by atoms with van der Waals surface area (Å²) in [5, 5.41) is 6.97. The molecule has 0 atom stereocenters. The van der Waals surface area contributed by atoms with Crippen LogP contribution in [0.15, 0.2) is 55.1 Å². The lowest BCUT2D eigenvalue weighted by molar-refractivity contribution is -0.117. The predicted octanol–water partition coefficient (Wildman–Crippen LogP) is 2.71. The van der Waals surface area contributed by atoms with Gasteiger partial charge in [0.1, 0.15) is 18.4 Å². The number of amides is 2. The van der Waals surface area contributed by atoms with Crippen molar-refractivity contribution in [2.45, 2.75) is 19.4 Å². The molecule has 1 saturated heterocycles. The number of carbonyl (C=O) groups excluding carboxylic acids is 2. The number of hydrogen-bond acceptors (Lipinski definition) is 5. The molecule has 0 aliphatic carbocycles. The Hall–Kier alpha value is -3.68. The number of anilines is 2. The first-order valence-corrected chi connectivity index (χ1v) is 9.35. The highest BCUT2D eigenvalue weighted by Crippen LogP contribution is 2.34. The number of nitrogens with one attached hydrogen (secondary N) is 1. The largest absolute Gasteiger partial charge is 0.495 e. The van der Waals surface area contributed by atoms with Crippen molar-refractivity contribution in [3.8, 4) is 5.75 Å². The molecule has 0 saturated carbocycles. The standard InChI is InChI=1S/C21H21N5O3/c1-29-19-9-8-17(11-18(19)26-10-2-3-20(26)27)24-21(28)16-6-4-15(5-7-16)12-25-14-22-13-23-25/h4-9,11,13-14H,2-3,10,12H2,1H3,(H,24,28). The maximum Gasteiger partial charge on any atom is 0.255 e. The second kappa shape index (κ2) is 8.14. The van der Waals surface area contributed by atoms with E-state index in [4.69, 9.17) is 4.74 Å². The number of methoxy groups -OCH3 is 1. The number of carbonyl (C=O) groups is 2. The Morgan fingerprint density at radius 3 is 2.69 bits per heavy atom. The van der Waals surface area contributed by atoms with Crippen LogP contribution in [-0.2, 0) is 11.3 Å². The average Bonchev–Trinajstić information content (AvgIpc) is 3.40. The lowest BCUT2D eigenvalue weighted by Gasteiger charge is -2.20. The number of benzene rings is 2. The van der Waals surface area contributed by atoms with E-state index in [1.165, 1.54) is 6.33 Å². The second-order valence-corrected chi connectivity index (χ2v) is 6.78. The molecule has 2 aromatic carbocycles. The van der Waals surface area contributed by atoms with Gasteiger partial charge in [-0.15, -0.1) is 0 Å². The molecule has 0 bridgehead atoms. The van der Waals surface area contributed by atoms with Crippen LogP contribution in [0.5, 0.6) is 5.75 Å². The van der Waals surface area contributed by atoms with E-state index in [2.05, 4.69) is 15.4 Å². The van der Waals surface area contributed by atoms with Crippen LogP contribution in [0.2, 0.25) is 0 Å². The van der Waals surface area contributed by atoms with Gasteiger partial charge < -0.3 is 15.0 Å². The van der Waals surface area contributed by atoms with Gasteiger partial charge in [0, 0.05) is 24.2 Å². The molecule has 2 amide bonds. The van der Waals surface area contributed by atoms with Crippen molar-refractivity contribution in [3.63, 3.8) is 0 Å². The summed E-state index contributed by atoms with van der Waals surface area (Å²) in [5.74, 6) is 0.451. The van der Waals surface area contributed by atoms with Crippen molar-refractivity contribution in [2.24, 2.45) is 0 Å². The first-order chi connectivity index (χ1) is 14.1. The van der Waals surface area contributed by atoms with Crippen LogP contribution in [0.25, 0.3) is 0 Å². The highest BCUT2D eigenvalue weighted by Gasteiger charge is 2.25. The van der Waals surface area contributed by atoms with Crippen LogP contribution >= 0.6 is 0 Å². The summed E-state index contributed by atoms with van der Waals surface area (Å²) in [6.07, 6.45) is 4.48. The van der Waals surface area contributed by atoms with E-state index in [0.717, 1.165) is 12.0 Å². The third-order valence-corrected chi connectivity index (χ3v) is 4.83. The van der Waals surface area contributed by atoms with E-state index in [1.54, 1.807) is 53.4 Å². The summed E-state index contributed by atoms with van der Waals surface area (Å²) in [6, 6.07) is 12.6. The number of ether oxygens (including phenoxy) is 1. The molecule has 1 aliphatic heterocycles. The first-order valence-electron chi connectivity index (χ1n) is 9.35. The van der Waals surface area contributed by atoms with Gasteiger partial charge in [0.15, 0.2) is 0 Å². The third-order valence-electron chi connectivity index (χ3n) is 4.83. The fourth-order valence-electron chi connectivity index (χ4n) is 3.35. The fraction of sp³-hybridized carbons (Fsp3) is 0.238. The smallest absolute Gasteiger partial charge is 0.255 e. The topological polar surface area (TPSA) is 89.3 Å². The monoisotopic (exact) mass is 391 g/mol. The van der Waals surface area contributed by atoms with Gasteiger partial charge in [-0.2, -0.15) is 5.10 Å². The molecule has 29 heavy (non-hydrogen) atoms. The fourth-order valence-corrected chi connectivity index (χ4v) is 3.35. The van der Waals surface area contributed by atoms with E-state index in [-0.39, 0.29) is 11.8 Å². The molecule has 1 fully saturated rings. The quantitative estimate of drug-likeness (QED) is 0.698. The summed E-state index contributed by atoms with van der Waals surface area (Å²) in [5.41, 5.74) is 2.85. The Kier molecular flexibility index (Phi) is 5.24. The van der Waals surface area contributed by atoms with Crippen LogP contribution in [0, 0.1) is 0 Å². The van der Waals surface area contributed by atoms with Gasteiger partial charge in [-0.3, -0.25) is 9.59 Å². The highest BCUT2D eigenvalue weighted by molar-refractivity contribution is 6.05. The Morgan fingerprint density at radius 1 is 1.21 bits per heavy atom. The van der Waals surface area contributed by atoms with Crippen LogP contribution in [-0.4, -0.2) is 40.2 Å². The molecule has 3 aromatic rings. The molecular weight excluding hydrogens is 370 g/mol. The van der Waals surface area contributed by atoms with E-state index in [9.17, 15) is 9.59 Å². The normalized spacial score (nSPS) is 13.6. The predicted molar refractivity (Wildman–Crippen MR) is 108 cm³/mol. The van der Waals surface area contributed by atoms with Crippen LogP contribution < -0.4 is 15.0 Å². The Labute approximate surface area is 168 Å². The minimum Gasteiger partial charge on any atom is -0.495 e. The molecule has 8 nitrogen and oxygen atoms in total. The second-order valence-electron chi connectivity index (χ2n) is 6.78. The maximum atomic E-state index is 12.6. The summed E-state index contributed by atoms with van der Waals surface area (Å²) in [4.78, 5) is 30.4. The molecule has 4 rings (SSSR count). The minimum absolute atomic E-state index is 0.0646. The molecule has 1 N–H and O–H groups in total. The number of hydrogen-bond donors (Lipinski definition) is 1. The molecule has 0 radical (unpaired) electrons. The summed E-state index contributed by atoms with van der Waals surface area (Å²) in [6.45, 7) is 1.24. The molecule has 148 valence electrons. The number of rotatable bonds is 6. The van der Waals surface area contributed by atoms with Crippen molar-refractivity contribution >= 4 is 23.2 Å². The van der Waals surface area contributed by atoms with Gasteiger partial charge >= 0.3 is 0 Å². The molecule has 1 aliphatic rings. The zero-order valence-electron chi connectivity index (χ0n) is 16.0. The van der Waals surface area contributed by atoms with Gasteiger partial charge in [0.2, 0.25) is 5.91 Å². The zero-order valence-corrected chi connectivity index (χ0v) is 16.0. The SMILES string of the molecule is COc1ccc(NC(=O)c2ccc(Cn3cncn3)cc2)cc1N1CCCC1=O. The Balaban J connectivity index is 1.48. The van der Waals surface area contributed by atoms with Gasteiger partial charge in [-0.25, -0.2) is 9.67 Å². The molecule has 1 aromatic heterocycles. The Bertz CT molecular complexity index is 1020. The molecule has 2 heterocycles. The molecular formula is C21H21N5O3. The lowest BCUT2D eigenvalue weighted by Crippen LogP contribution is -2.24. The van der Waals surface area contributed by atoms with Gasteiger partial charge in [-0.1, -0.05) is 12.1 Å². The zero-order chi connectivity index (χ0) is 20.2. The minimum atomic E-state index is -0.221. The van der Waals surface area contributed by atoms with E-state index in [0.29, 0.717) is 42.2 Å². The van der Waals surface area contributed by atoms with E-state index >= 15 is 0 Å². The van der Waals surface area contributed by atoms with Gasteiger partial charge in [-0.05, 0) is 42.3 Å². The first kappa shape index (κ1) is 18.7. The van der Waals surface area contributed by atoms with E-state index < -0.39 is 0 Å². The van der Waals surface area contributed by atoms with Crippen molar-refractivity contribution in [1.29, 1.82) is 0 Å². The average molecular weight is 391 g/mol. The molecule has 8 heteroatoms. The van der Waals surface area contributed by atoms with Crippen molar-refractivity contribution < 1.29 is 14.3 Å². The van der Waals surface area contributed by atoms with E-state index in [1.807, 2.05) is 12.1 Å². The van der Waals surface area contributed by atoms with Gasteiger partial charge in [0.25, 0.3) is 5.91 Å². The van der Waals surface area contributed by atoms with Crippen molar-refractivity contribution in [2.75, 3.05) is 23.9 Å². The van der Waals surface area contributed by atoms with Crippen LogP contribution in [0.3, 0.4) is 0 Å². The van der Waals surface area contributed by atoms with Crippen molar-refractivity contribution in [1.82, 2.24) is 14.8 Å². The summed E-state index contributed by atoms with van der Waals surface area (Å²) < 4.78 is 7.10.